The maximum Gasteiger partial charge on any atom is 0.218 e. The van der Waals surface area contributed by atoms with E-state index < -0.39 is 0 Å². The van der Waals surface area contributed by atoms with Gasteiger partial charge in [-0.15, -0.1) is 0 Å². The van der Waals surface area contributed by atoms with Gasteiger partial charge in [-0.1, -0.05) is 0 Å². The molecule has 2 heterocycles. The lowest BCUT2D eigenvalue weighted by atomic mass is 10.1. The normalized spacial score (nSPS) is 19.2. The Morgan fingerprint density at radius 3 is 3.00 bits per heavy atom. The van der Waals surface area contributed by atoms with Gasteiger partial charge in [0.1, 0.15) is 0 Å². The molecule has 0 aromatic carbocycles. The Kier molecular flexibility index (Phi) is 4.55. The van der Waals surface area contributed by atoms with Gasteiger partial charge in [-0.25, -0.2) is 4.98 Å². The first-order valence-corrected chi connectivity index (χ1v) is 6.53. The second kappa shape index (κ2) is 6.16. The van der Waals surface area contributed by atoms with Crippen LogP contribution in [0.4, 0.5) is 0 Å². The Morgan fingerprint density at radius 2 is 2.33 bits per heavy atom. The molecule has 0 saturated carbocycles. The lowest BCUT2D eigenvalue weighted by Gasteiger charge is -2.15. The molecule has 0 amide bonds. The number of pyridine rings is 1. The highest BCUT2D eigenvalue weighted by Crippen LogP contribution is 2.22. The van der Waals surface area contributed by atoms with E-state index in [1.54, 1.807) is 0 Å². The first-order chi connectivity index (χ1) is 8.70. The van der Waals surface area contributed by atoms with E-state index in [1.165, 1.54) is 5.56 Å². The number of nitrogens with zero attached hydrogens (tertiary/aromatic N) is 1. The van der Waals surface area contributed by atoms with Gasteiger partial charge in [0.2, 0.25) is 5.88 Å². The zero-order chi connectivity index (χ0) is 13.0. The van der Waals surface area contributed by atoms with E-state index >= 15 is 0 Å². The fraction of sp³-hybridized carbons (Fsp3) is 0.643. The zero-order valence-corrected chi connectivity index (χ0v) is 11.5. The monoisotopic (exact) mass is 250 g/mol. The predicted molar refractivity (Wildman–Crippen MR) is 70.9 cm³/mol. The fourth-order valence-electron chi connectivity index (χ4n) is 2.25. The van der Waals surface area contributed by atoms with E-state index in [1.807, 2.05) is 14.0 Å². The lowest BCUT2D eigenvalue weighted by molar-refractivity contribution is 0.165. The van der Waals surface area contributed by atoms with Crippen LogP contribution in [0.5, 0.6) is 5.88 Å². The highest BCUT2D eigenvalue weighted by Gasteiger charge is 2.18. The molecular weight excluding hydrogens is 228 g/mol. The highest BCUT2D eigenvalue weighted by molar-refractivity contribution is 5.35. The van der Waals surface area contributed by atoms with Crippen molar-refractivity contribution in [2.24, 2.45) is 5.92 Å². The molecule has 1 aliphatic rings. The number of aryl methyl sites for hydroxylation is 2. The van der Waals surface area contributed by atoms with E-state index in [0.717, 1.165) is 43.3 Å². The van der Waals surface area contributed by atoms with Gasteiger partial charge in [-0.3, -0.25) is 0 Å². The summed E-state index contributed by atoms with van der Waals surface area (Å²) in [5.41, 5.74) is 3.39. The summed E-state index contributed by atoms with van der Waals surface area (Å²) in [4.78, 5) is 4.51. The number of rotatable bonds is 5. The predicted octanol–water partition coefficient (Wildman–Crippen LogP) is 1.83. The molecule has 100 valence electrons. The molecule has 4 nitrogen and oxygen atoms in total. The minimum atomic E-state index is 0.509. The second-order valence-corrected chi connectivity index (χ2v) is 4.94. The van der Waals surface area contributed by atoms with Crippen LogP contribution in [0.25, 0.3) is 0 Å². The summed E-state index contributed by atoms with van der Waals surface area (Å²) in [5, 5.41) is 3.17. The van der Waals surface area contributed by atoms with Crippen LogP contribution in [0, 0.1) is 19.8 Å². The quantitative estimate of drug-likeness (QED) is 0.866. The molecule has 4 heteroatoms. The van der Waals surface area contributed by atoms with Gasteiger partial charge in [0.05, 0.1) is 13.2 Å². The Balaban J connectivity index is 2.08. The molecule has 1 unspecified atom stereocenters. The Labute approximate surface area is 109 Å². The third kappa shape index (κ3) is 3.21. The van der Waals surface area contributed by atoms with Crippen LogP contribution in [-0.2, 0) is 11.3 Å². The van der Waals surface area contributed by atoms with Crippen molar-refractivity contribution >= 4 is 0 Å². The largest absolute Gasteiger partial charge is 0.477 e. The molecule has 0 bridgehead atoms. The second-order valence-electron chi connectivity index (χ2n) is 4.94. The molecule has 1 aromatic rings. The van der Waals surface area contributed by atoms with Gasteiger partial charge in [0.15, 0.2) is 0 Å². The average molecular weight is 250 g/mol. The summed E-state index contributed by atoms with van der Waals surface area (Å²) in [6.45, 7) is 7.26. The summed E-state index contributed by atoms with van der Waals surface area (Å²) in [7, 11) is 1.94. The number of hydrogen-bond acceptors (Lipinski definition) is 4. The van der Waals surface area contributed by atoms with Crippen molar-refractivity contribution in [2.75, 3.05) is 26.9 Å². The smallest absolute Gasteiger partial charge is 0.218 e. The van der Waals surface area contributed by atoms with E-state index in [9.17, 15) is 0 Å². The van der Waals surface area contributed by atoms with Crippen LogP contribution in [0.3, 0.4) is 0 Å². The number of nitrogens with one attached hydrogen (secondary N) is 1. The topological polar surface area (TPSA) is 43.4 Å². The van der Waals surface area contributed by atoms with Crippen molar-refractivity contribution in [3.05, 3.63) is 22.9 Å². The Bertz CT molecular complexity index is 401. The van der Waals surface area contributed by atoms with Crippen molar-refractivity contribution in [2.45, 2.75) is 26.8 Å². The summed E-state index contributed by atoms with van der Waals surface area (Å²) >= 11 is 0. The fourth-order valence-corrected chi connectivity index (χ4v) is 2.25. The van der Waals surface area contributed by atoms with Crippen LogP contribution in [0.2, 0.25) is 0 Å². The molecule has 1 saturated heterocycles. The summed E-state index contributed by atoms with van der Waals surface area (Å²) in [5.74, 6) is 1.28. The molecule has 1 fully saturated rings. The van der Waals surface area contributed by atoms with E-state index in [4.69, 9.17) is 9.47 Å². The van der Waals surface area contributed by atoms with Crippen molar-refractivity contribution in [1.82, 2.24) is 10.3 Å². The average Bonchev–Trinajstić information content (AvgIpc) is 2.83. The van der Waals surface area contributed by atoms with E-state index in [0.29, 0.717) is 12.5 Å². The van der Waals surface area contributed by atoms with E-state index in [-0.39, 0.29) is 0 Å². The summed E-state index contributed by atoms with van der Waals surface area (Å²) < 4.78 is 11.3. The van der Waals surface area contributed by atoms with Crippen molar-refractivity contribution in [1.29, 1.82) is 0 Å². The molecule has 1 N–H and O–H groups in total. The standard InChI is InChI=1S/C14H22N2O2/c1-10-6-11(2)16-14(13(10)7-15-3)18-9-12-4-5-17-8-12/h6,12,15H,4-5,7-9H2,1-3H3. The summed E-state index contributed by atoms with van der Waals surface area (Å²) in [6, 6.07) is 2.10. The molecule has 0 spiro atoms. The maximum absolute atomic E-state index is 5.90. The number of hydrogen-bond donors (Lipinski definition) is 1. The van der Waals surface area contributed by atoms with Crippen LogP contribution in [-0.4, -0.2) is 31.9 Å². The third-order valence-corrected chi connectivity index (χ3v) is 3.27. The first kappa shape index (κ1) is 13.3. The van der Waals surface area contributed by atoms with Gasteiger partial charge in [-0.05, 0) is 38.9 Å². The minimum absolute atomic E-state index is 0.509. The van der Waals surface area contributed by atoms with Crippen LogP contribution < -0.4 is 10.1 Å². The highest BCUT2D eigenvalue weighted by atomic mass is 16.5. The van der Waals surface area contributed by atoms with Crippen molar-refractivity contribution < 1.29 is 9.47 Å². The molecule has 2 rings (SSSR count). The van der Waals surface area contributed by atoms with Gasteiger partial charge in [0.25, 0.3) is 0 Å². The lowest BCUT2D eigenvalue weighted by Crippen LogP contribution is -2.16. The molecular formula is C14H22N2O2. The Hall–Kier alpha value is -1.13. The first-order valence-electron chi connectivity index (χ1n) is 6.53. The number of ether oxygens (including phenoxy) is 2. The van der Waals surface area contributed by atoms with Gasteiger partial charge < -0.3 is 14.8 Å². The molecule has 0 aliphatic carbocycles. The third-order valence-electron chi connectivity index (χ3n) is 3.27. The van der Waals surface area contributed by atoms with Gasteiger partial charge in [-0.2, -0.15) is 0 Å². The molecule has 18 heavy (non-hydrogen) atoms. The SMILES string of the molecule is CNCc1c(C)cc(C)nc1OCC1CCOC1. The summed E-state index contributed by atoms with van der Waals surface area (Å²) in [6.07, 6.45) is 1.09. The molecule has 0 radical (unpaired) electrons. The van der Waals surface area contributed by atoms with Gasteiger partial charge >= 0.3 is 0 Å². The van der Waals surface area contributed by atoms with Crippen molar-refractivity contribution in [3.63, 3.8) is 0 Å². The number of aromatic nitrogens is 1. The molecule has 1 aliphatic heterocycles. The zero-order valence-electron chi connectivity index (χ0n) is 11.5. The van der Waals surface area contributed by atoms with Crippen molar-refractivity contribution in [3.8, 4) is 5.88 Å². The van der Waals surface area contributed by atoms with Crippen LogP contribution in [0.1, 0.15) is 23.2 Å². The van der Waals surface area contributed by atoms with Crippen LogP contribution in [0.15, 0.2) is 6.07 Å². The van der Waals surface area contributed by atoms with Gasteiger partial charge in [0, 0.05) is 30.3 Å². The maximum atomic E-state index is 5.90. The molecule has 1 atom stereocenters. The molecule has 1 aromatic heterocycles. The minimum Gasteiger partial charge on any atom is -0.477 e. The van der Waals surface area contributed by atoms with E-state index in [2.05, 4.69) is 23.3 Å². The van der Waals surface area contributed by atoms with Crippen LogP contribution >= 0.6 is 0 Å². The Morgan fingerprint density at radius 1 is 1.50 bits per heavy atom.